The molecule has 0 unspecified atom stereocenters. The van der Waals surface area contributed by atoms with E-state index in [0.29, 0.717) is 36.8 Å². The Kier molecular flexibility index (Phi) is 5.80. The number of hydrogen-bond acceptors (Lipinski definition) is 4. The summed E-state index contributed by atoms with van der Waals surface area (Å²) in [5, 5.41) is 0.355. The molecule has 0 amide bonds. The number of carbonyl (C=O) groups is 1. The maximum absolute atomic E-state index is 11.6. The Morgan fingerprint density at radius 1 is 1.41 bits per heavy atom. The van der Waals surface area contributed by atoms with Gasteiger partial charge in [-0.25, -0.2) is 4.79 Å². The molecule has 2 N–H and O–H groups in total. The number of esters is 1. The number of hydrogen-bond donors (Lipinski definition) is 1. The monoisotopic (exact) mass is 257 g/mol. The summed E-state index contributed by atoms with van der Waals surface area (Å²) < 4.78 is 10.2. The standard InChI is InChI=1S/C12H16ClNO3/c1-2-16-7-4-8-17-12(15)9-5-3-6-10(13)11(9)14/h3,5-6H,2,4,7-8,14H2,1H3. The third-order valence-electron chi connectivity index (χ3n) is 2.14. The van der Waals surface area contributed by atoms with Crippen molar-refractivity contribution in [3.05, 3.63) is 28.8 Å². The molecule has 17 heavy (non-hydrogen) atoms. The lowest BCUT2D eigenvalue weighted by Crippen LogP contribution is -2.10. The van der Waals surface area contributed by atoms with Crippen LogP contribution in [0.2, 0.25) is 5.02 Å². The van der Waals surface area contributed by atoms with Crippen molar-refractivity contribution in [3.63, 3.8) is 0 Å². The van der Waals surface area contributed by atoms with Crippen LogP contribution in [0.5, 0.6) is 0 Å². The molecule has 0 aliphatic heterocycles. The molecule has 4 nitrogen and oxygen atoms in total. The first-order valence-electron chi connectivity index (χ1n) is 5.45. The highest BCUT2D eigenvalue weighted by Crippen LogP contribution is 2.22. The topological polar surface area (TPSA) is 61.5 Å². The van der Waals surface area contributed by atoms with Gasteiger partial charge in [-0.1, -0.05) is 17.7 Å². The largest absolute Gasteiger partial charge is 0.462 e. The molecular formula is C12H16ClNO3. The highest BCUT2D eigenvalue weighted by Gasteiger charge is 2.12. The molecule has 0 heterocycles. The lowest BCUT2D eigenvalue weighted by Gasteiger charge is -2.07. The third-order valence-corrected chi connectivity index (χ3v) is 2.47. The molecule has 1 rings (SSSR count). The van der Waals surface area contributed by atoms with Crippen molar-refractivity contribution in [1.82, 2.24) is 0 Å². The lowest BCUT2D eigenvalue weighted by molar-refractivity contribution is 0.0453. The maximum Gasteiger partial charge on any atom is 0.340 e. The van der Waals surface area contributed by atoms with Crippen LogP contribution >= 0.6 is 11.6 Å². The molecule has 5 heteroatoms. The molecule has 0 aromatic heterocycles. The van der Waals surface area contributed by atoms with Gasteiger partial charge in [0.15, 0.2) is 0 Å². The van der Waals surface area contributed by atoms with Gasteiger partial charge in [-0.15, -0.1) is 0 Å². The number of halogens is 1. The number of nitrogens with two attached hydrogens (primary N) is 1. The summed E-state index contributed by atoms with van der Waals surface area (Å²) in [4.78, 5) is 11.6. The number of anilines is 1. The number of benzene rings is 1. The third kappa shape index (κ3) is 4.24. The number of carbonyl (C=O) groups excluding carboxylic acids is 1. The van der Waals surface area contributed by atoms with Crippen LogP contribution in [0.1, 0.15) is 23.7 Å². The minimum absolute atomic E-state index is 0.254. The molecule has 0 spiro atoms. The molecule has 1 aromatic rings. The molecule has 0 fully saturated rings. The minimum atomic E-state index is -0.457. The van der Waals surface area contributed by atoms with E-state index in [9.17, 15) is 4.79 Å². The van der Waals surface area contributed by atoms with Gasteiger partial charge in [-0.05, 0) is 19.1 Å². The minimum Gasteiger partial charge on any atom is -0.462 e. The zero-order valence-corrected chi connectivity index (χ0v) is 10.5. The second-order valence-corrected chi connectivity index (χ2v) is 3.79. The predicted molar refractivity (Wildman–Crippen MR) is 67.3 cm³/mol. The number of nitrogen functional groups attached to an aromatic ring is 1. The molecule has 1 aromatic carbocycles. The maximum atomic E-state index is 11.6. The van der Waals surface area contributed by atoms with E-state index in [1.165, 1.54) is 0 Å². The van der Waals surface area contributed by atoms with Gasteiger partial charge in [-0.3, -0.25) is 0 Å². The molecule has 0 aliphatic rings. The van der Waals surface area contributed by atoms with Crippen LogP contribution in [0, 0.1) is 0 Å². The molecule has 0 saturated heterocycles. The predicted octanol–water partition coefficient (Wildman–Crippen LogP) is 2.51. The van der Waals surface area contributed by atoms with Crippen LogP contribution < -0.4 is 5.73 Å². The summed E-state index contributed by atoms with van der Waals surface area (Å²) in [7, 11) is 0. The van der Waals surface area contributed by atoms with Gasteiger partial charge in [0.2, 0.25) is 0 Å². The quantitative estimate of drug-likeness (QED) is 0.483. The van der Waals surface area contributed by atoms with Crippen LogP contribution in [0.4, 0.5) is 5.69 Å². The van der Waals surface area contributed by atoms with Crippen LogP contribution in [0.3, 0.4) is 0 Å². The summed E-state index contributed by atoms with van der Waals surface area (Å²) in [6, 6.07) is 4.88. The van der Waals surface area contributed by atoms with E-state index in [4.69, 9.17) is 26.8 Å². The van der Waals surface area contributed by atoms with Crippen molar-refractivity contribution in [3.8, 4) is 0 Å². The number of ether oxygens (including phenoxy) is 2. The number of rotatable bonds is 6. The fourth-order valence-electron chi connectivity index (χ4n) is 1.26. The second-order valence-electron chi connectivity index (χ2n) is 3.39. The number of para-hydroxylation sites is 1. The summed E-state index contributed by atoms with van der Waals surface area (Å²) >= 11 is 5.81. The van der Waals surface area contributed by atoms with Gasteiger partial charge < -0.3 is 15.2 Å². The van der Waals surface area contributed by atoms with E-state index < -0.39 is 5.97 Å². The Hall–Kier alpha value is -1.26. The zero-order chi connectivity index (χ0) is 12.7. The Bertz CT molecular complexity index is 382. The van der Waals surface area contributed by atoms with Crippen molar-refractivity contribution in [2.45, 2.75) is 13.3 Å². The summed E-state index contributed by atoms with van der Waals surface area (Å²) in [6.07, 6.45) is 0.667. The van der Waals surface area contributed by atoms with E-state index in [1.807, 2.05) is 6.92 Å². The van der Waals surface area contributed by atoms with Crippen molar-refractivity contribution in [2.24, 2.45) is 0 Å². The first-order valence-corrected chi connectivity index (χ1v) is 5.83. The first-order chi connectivity index (χ1) is 8.16. The van der Waals surface area contributed by atoms with Gasteiger partial charge in [0.1, 0.15) is 0 Å². The van der Waals surface area contributed by atoms with Crippen molar-refractivity contribution >= 4 is 23.3 Å². The van der Waals surface area contributed by atoms with Gasteiger partial charge in [0, 0.05) is 19.6 Å². The fraction of sp³-hybridized carbons (Fsp3) is 0.417. The van der Waals surface area contributed by atoms with Crippen molar-refractivity contribution in [1.29, 1.82) is 0 Å². The molecule has 0 bridgehead atoms. The summed E-state index contributed by atoms with van der Waals surface area (Å²) in [6.45, 7) is 3.47. The Morgan fingerprint density at radius 3 is 2.88 bits per heavy atom. The van der Waals surface area contributed by atoms with Gasteiger partial charge in [0.05, 0.1) is 22.9 Å². The molecule has 0 aliphatic carbocycles. The van der Waals surface area contributed by atoms with Crippen molar-refractivity contribution < 1.29 is 14.3 Å². The van der Waals surface area contributed by atoms with E-state index in [0.717, 1.165) is 0 Å². The molecule has 0 saturated carbocycles. The van der Waals surface area contributed by atoms with Gasteiger partial charge >= 0.3 is 5.97 Å². The summed E-state index contributed by atoms with van der Waals surface area (Å²) in [5.41, 5.74) is 6.23. The van der Waals surface area contributed by atoms with E-state index >= 15 is 0 Å². The molecular weight excluding hydrogens is 242 g/mol. The van der Waals surface area contributed by atoms with E-state index in [2.05, 4.69) is 0 Å². The summed E-state index contributed by atoms with van der Waals surface area (Å²) in [5.74, 6) is -0.457. The SMILES string of the molecule is CCOCCCOC(=O)c1cccc(Cl)c1N. The van der Waals surface area contributed by atoms with E-state index in [1.54, 1.807) is 18.2 Å². The Balaban J connectivity index is 2.44. The normalized spacial score (nSPS) is 10.2. The lowest BCUT2D eigenvalue weighted by atomic mass is 10.2. The highest BCUT2D eigenvalue weighted by molar-refractivity contribution is 6.33. The average molecular weight is 258 g/mol. The van der Waals surface area contributed by atoms with Crippen LogP contribution in [-0.4, -0.2) is 25.8 Å². The smallest absolute Gasteiger partial charge is 0.340 e. The zero-order valence-electron chi connectivity index (χ0n) is 9.74. The average Bonchev–Trinajstić information content (AvgIpc) is 2.32. The van der Waals surface area contributed by atoms with E-state index in [-0.39, 0.29) is 5.69 Å². The molecule has 0 radical (unpaired) electrons. The second kappa shape index (κ2) is 7.14. The van der Waals surface area contributed by atoms with Gasteiger partial charge in [0.25, 0.3) is 0 Å². The van der Waals surface area contributed by atoms with Crippen LogP contribution in [0.25, 0.3) is 0 Å². The van der Waals surface area contributed by atoms with Crippen LogP contribution in [-0.2, 0) is 9.47 Å². The molecule has 0 atom stereocenters. The highest BCUT2D eigenvalue weighted by atomic mass is 35.5. The Morgan fingerprint density at radius 2 is 2.18 bits per heavy atom. The van der Waals surface area contributed by atoms with Crippen molar-refractivity contribution in [2.75, 3.05) is 25.6 Å². The fourth-order valence-corrected chi connectivity index (χ4v) is 1.44. The first kappa shape index (κ1) is 13.8. The van der Waals surface area contributed by atoms with Gasteiger partial charge in [-0.2, -0.15) is 0 Å². The van der Waals surface area contributed by atoms with Crippen LogP contribution in [0.15, 0.2) is 18.2 Å². The molecule has 94 valence electrons. The Labute approximate surface area is 106 Å².